The number of halogens is 2. The Hall–Kier alpha value is -2.06. The molecule has 2 aliphatic heterocycles. The highest BCUT2D eigenvalue weighted by molar-refractivity contribution is 5.80. The number of likely N-dealkylation sites (tertiary alicyclic amines) is 1. The fourth-order valence-corrected chi connectivity index (χ4v) is 5.92. The highest BCUT2D eigenvalue weighted by Gasteiger charge is 2.29. The molecule has 2 aromatic rings. The number of hydrogen-bond acceptors (Lipinski definition) is 5. The Morgan fingerprint density at radius 2 is 1.71 bits per heavy atom. The first-order chi connectivity index (χ1) is 16.6. The Bertz CT molecular complexity index is 975. The van der Waals surface area contributed by atoms with Crippen LogP contribution in [0.5, 0.6) is 0 Å². The van der Waals surface area contributed by atoms with Gasteiger partial charge in [0.1, 0.15) is 0 Å². The average molecular weight is 476 g/mol. The van der Waals surface area contributed by atoms with Crippen LogP contribution in [0.2, 0.25) is 0 Å². The average Bonchev–Trinajstić information content (AvgIpc) is 3.27. The van der Waals surface area contributed by atoms with Crippen LogP contribution in [0.4, 0.5) is 8.78 Å². The van der Waals surface area contributed by atoms with Gasteiger partial charge in [-0.05, 0) is 89.4 Å². The molecule has 3 fully saturated rings. The van der Waals surface area contributed by atoms with Gasteiger partial charge in [-0.15, -0.1) is 0 Å². The van der Waals surface area contributed by atoms with Crippen LogP contribution in [-0.2, 0) is 9.53 Å². The van der Waals surface area contributed by atoms with E-state index in [1.54, 1.807) is 0 Å². The minimum Gasteiger partial charge on any atom is -0.381 e. The predicted octanol–water partition coefficient (Wildman–Crippen LogP) is 4.78. The van der Waals surface area contributed by atoms with E-state index < -0.39 is 11.6 Å². The molecule has 0 bridgehead atoms. The lowest BCUT2D eigenvalue weighted by Crippen LogP contribution is -2.42. The van der Waals surface area contributed by atoms with Crippen LogP contribution in [-0.4, -0.2) is 54.9 Å². The summed E-state index contributed by atoms with van der Waals surface area (Å²) in [7, 11) is 0. The van der Waals surface area contributed by atoms with Crippen molar-refractivity contribution in [3.8, 4) is 0 Å². The number of hydrogen-bond donors (Lipinski definition) is 1. The number of aromatic nitrogens is 1. The van der Waals surface area contributed by atoms with Gasteiger partial charge in [0, 0.05) is 42.5 Å². The second-order valence-corrected chi connectivity index (χ2v) is 10.3. The molecule has 1 aromatic carbocycles. The number of benzene rings is 1. The van der Waals surface area contributed by atoms with Gasteiger partial charge in [-0.2, -0.15) is 0 Å². The maximum Gasteiger partial charge on any atom is 0.223 e. The van der Waals surface area contributed by atoms with Crippen molar-refractivity contribution in [2.75, 3.05) is 32.8 Å². The zero-order valence-corrected chi connectivity index (χ0v) is 19.7. The summed E-state index contributed by atoms with van der Waals surface area (Å²) in [6.07, 6.45) is 9.32. The fourth-order valence-electron chi connectivity index (χ4n) is 5.92. The van der Waals surface area contributed by atoms with E-state index in [1.165, 1.54) is 25.3 Å². The van der Waals surface area contributed by atoms with Crippen molar-refractivity contribution in [1.29, 1.82) is 0 Å². The third-order valence-corrected chi connectivity index (χ3v) is 8.15. The van der Waals surface area contributed by atoms with Crippen LogP contribution in [0.3, 0.4) is 0 Å². The van der Waals surface area contributed by atoms with Crippen LogP contribution in [0.25, 0.3) is 11.0 Å². The zero-order valence-electron chi connectivity index (χ0n) is 19.7. The summed E-state index contributed by atoms with van der Waals surface area (Å²) in [4.78, 5) is 15.0. The number of amides is 1. The Balaban J connectivity index is 1.03. The molecule has 1 aliphatic carbocycles. The van der Waals surface area contributed by atoms with Crippen molar-refractivity contribution in [1.82, 2.24) is 15.4 Å². The van der Waals surface area contributed by atoms with E-state index in [0.29, 0.717) is 30.2 Å². The third-order valence-electron chi connectivity index (χ3n) is 8.15. The van der Waals surface area contributed by atoms with Crippen LogP contribution in [0, 0.1) is 23.5 Å². The molecular formula is C26H35F2N3O3. The standard InChI is InChI=1S/C26H35F2N3O3/c27-22-15-21-24(16-23(22)28)34-30-25(21)18-6-11-31(12-7-18)10-5-17-1-3-20(4-2-17)29-26(32)19-8-13-33-14-9-19/h15-20H,1-14H2,(H,29,32)/t17-,20-. The first kappa shape index (κ1) is 23.7. The molecule has 186 valence electrons. The SMILES string of the molecule is O=C(N[C@H]1CC[C@H](CCN2CCC(c3noc4cc(F)c(F)cc34)CC2)CC1)C1CCOCC1. The highest BCUT2D eigenvalue weighted by atomic mass is 19.2. The van der Waals surface area contributed by atoms with Gasteiger partial charge in [0.2, 0.25) is 5.91 Å². The van der Waals surface area contributed by atoms with Crippen LogP contribution < -0.4 is 5.32 Å². The molecule has 3 aliphatic rings. The third kappa shape index (κ3) is 5.43. The van der Waals surface area contributed by atoms with Gasteiger partial charge in [-0.3, -0.25) is 4.79 Å². The Morgan fingerprint density at radius 3 is 2.44 bits per heavy atom. The van der Waals surface area contributed by atoms with Crippen LogP contribution in [0.15, 0.2) is 16.7 Å². The number of fused-ring (bicyclic) bond motifs is 1. The maximum absolute atomic E-state index is 13.7. The summed E-state index contributed by atoms with van der Waals surface area (Å²) in [5.74, 6) is -0.455. The van der Waals surface area contributed by atoms with Crippen molar-refractivity contribution in [2.24, 2.45) is 11.8 Å². The van der Waals surface area contributed by atoms with E-state index in [0.717, 1.165) is 75.8 Å². The number of nitrogens with one attached hydrogen (secondary N) is 1. The molecule has 1 aromatic heterocycles. The summed E-state index contributed by atoms with van der Waals surface area (Å²) in [5, 5.41) is 8.02. The number of carbonyl (C=O) groups is 1. The lowest BCUT2D eigenvalue weighted by Gasteiger charge is -2.34. The maximum atomic E-state index is 13.7. The van der Waals surface area contributed by atoms with Crippen molar-refractivity contribution < 1.29 is 22.8 Å². The molecule has 2 saturated heterocycles. The van der Waals surface area contributed by atoms with Crippen molar-refractivity contribution in [3.63, 3.8) is 0 Å². The van der Waals surface area contributed by atoms with Gasteiger partial charge in [0.25, 0.3) is 0 Å². The lowest BCUT2D eigenvalue weighted by molar-refractivity contribution is -0.128. The first-order valence-corrected chi connectivity index (χ1v) is 12.9. The number of nitrogens with zero attached hydrogens (tertiary/aromatic N) is 2. The van der Waals surface area contributed by atoms with Gasteiger partial charge in [-0.1, -0.05) is 5.16 Å². The molecule has 1 N–H and O–H groups in total. The predicted molar refractivity (Wildman–Crippen MR) is 124 cm³/mol. The summed E-state index contributed by atoms with van der Waals surface area (Å²) >= 11 is 0. The van der Waals surface area contributed by atoms with Gasteiger partial charge in [0.15, 0.2) is 17.2 Å². The molecular weight excluding hydrogens is 440 g/mol. The molecule has 0 radical (unpaired) electrons. The Kier molecular flexibility index (Phi) is 7.44. The smallest absolute Gasteiger partial charge is 0.223 e. The molecule has 0 spiro atoms. The van der Waals surface area contributed by atoms with Gasteiger partial charge >= 0.3 is 0 Å². The van der Waals surface area contributed by atoms with E-state index >= 15 is 0 Å². The number of carbonyl (C=O) groups excluding carboxylic acids is 1. The van der Waals surface area contributed by atoms with Crippen molar-refractivity contribution >= 4 is 16.9 Å². The Labute approximate surface area is 199 Å². The lowest BCUT2D eigenvalue weighted by atomic mass is 9.83. The second-order valence-electron chi connectivity index (χ2n) is 10.3. The molecule has 1 amide bonds. The molecule has 3 heterocycles. The fraction of sp³-hybridized carbons (Fsp3) is 0.692. The first-order valence-electron chi connectivity index (χ1n) is 12.9. The number of ether oxygens (including phenoxy) is 1. The summed E-state index contributed by atoms with van der Waals surface area (Å²) in [5.41, 5.74) is 1.07. The zero-order chi connectivity index (χ0) is 23.5. The van der Waals surface area contributed by atoms with Crippen molar-refractivity contribution in [3.05, 3.63) is 29.5 Å². The van der Waals surface area contributed by atoms with Crippen LogP contribution >= 0.6 is 0 Å². The van der Waals surface area contributed by atoms with E-state index in [9.17, 15) is 13.6 Å². The summed E-state index contributed by atoms with van der Waals surface area (Å²) < 4.78 is 37.8. The largest absolute Gasteiger partial charge is 0.381 e. The monoisotopic (exact) mass is 475 g/mol. The minimum atomic E-state index is -0.902. The van der Waals surface area contributed by atoms with Gasteiger partial charge < -0.3 is 19.5 Å². The van der Waals surface area contributed by atoms with Crippen molar-refractivity contribution in [2.45, 2.75) is 69.7 Å². The topological polar surface area (TPSA) is 67.6 Å². The second kappa shape index (κ2) is 10.7. The Morgan fingerprint density at radius 1 is 1.00 bits per heavy atom. The summed E-state index contributed by atoms with van der Waals surface area (Å²) in [6, 6.07) is 2.63. The van der Waals surface area contributed by atoms with Gasteiger partial charge in [0.05, 0.1) is 5.69 Å². The molecule has 1 saturated carbocycles. The minimum absolute atomic E-state index is 0.129. The molecule has 6 nitrogen and oxygen atoms in total. The van der Waals surface area contributed by atoms with E-state index in [1.807, 2.05) is 0 Å². The normalized spacial score (nSPS) is 25.6. The highest BCUT2D eigenvalue weighted by Crippen LogP contribution is 2.34. The number of rotatable bonds is 6. The molecule has 5 rings (SSSR count). The van der Waals surface area contributed by atoms with Gasteiger partial charge in [-0.25, -0.2) is 8.78 Å². The van der Waals surface area contributed by atoms with Crippen LogP contribution in [0.1, 0.15) is 69.4 Å². The van der Waals surface area contributed by atoms with E-state index in [2.05, 4.69) is 15.4 Å². The molecule has 0 atom stereocenters. The van der Waals surface area contributed by atoms with E-state index in [4.69, 9.17) is 9.26 Å². The molecule has 0 unspecified atom stereocenters. The van der Waals surface area contributed by atoms with E-state index in [-0.39, 0.29) is 17.7 Å². The summed E-state index contributed by atoms with van der Waals surface area (Å²) in [6.45, 7) is 4.47. The molecule has 34 heavy (non-hydrogen) atoms. The number of piperidine rings is 1. The quantitative estimate of drug-likeness (QED) is 0.652. The molecule has 8 heteroatoms.